The summed E-state index contributed by atoms with van der Waals surface area (Å²) in [6.07, 6.45) is 0. The Morgan fingerprint density at radius 2 is 1.94 bits per heavy atom. The molecule has 0 unspecified atom stereocenters. The van der Waals surface area contributed by atoms with Crippen LogP contribution in [0.3, 0.4) is 0 Å². The molecule has 94 valence electrons. The monoisotopic (exact) mass is 381 g/mol. The highest BCUT2D eigenvalue weighted by molar-refractivity contribution is 14.1. The van der Waals surface area contributed by atoms with E-state index in [0.29, 0.717) is 16.8 Å². The van der Waals surface area contributed by atoms with Gasteiger partial charge in [-0.05, 0) is 40.8 Å². The molecule has 0 amide bonds. The smallest absolute Gasteiger partial charge is 0.169 e. The van der Waals surface area contributed by atoms with E-state index in [0.717, 1.165) is 3.57 Å². The minimum Gasteiger partial charge on any atom is -0.381 e. The van der Waals surface area contributed by atoms with Crippen molar-refractivity contribution in [2.75, 3.05) is 11.1 Å². The highest BCUT2D eigenvalue weighted by atomic mass is 127. The fourth-order valence-electron chi connectivity index (χ4n) is 1.29. The van der Waals surface area contributed by atoms with Gasteiger partial charge in [0.15, 0.2) is 23.3 Å². The van der Waals surface area contributed by atoms with Crippen molar-refractivity contribution in [3.63, 3.8) is 0 Å². The van der Waals surface area contributed by atoms with Crippen molar-refractivity contribution in [2.45, 2.75) is 0 Å². The van der Waals surface area contributed by atoms with E-state index >= 15 is 0 Å². The van der Waals surface area contributed by atoms with Crippen molar-refractivity contribution in [1.82, 2.24) is 4.98 Å². The van der Waals surface area contributed by atoms with Crippen LogP contribution in [0.5, 0.6) is 0 Å². The number of aromatic nitrogens is 1. The van der Waals surface area contributed by atoms with Crippen molar-refractivity contribution in [3.05, 3.63) is 44.5 Å². The van der Waals surface area contributed by atoms with Crippen LogP contribution in [0.2, 0.25) is 5.02 Å². The average Bonchev–Trinajstić information content (AvgIpc) is 2.30. The van der Waals surface area contributed by atoms with Gasteiger partial charge in [-0.1, -0.05) is 11.6 Å². The van der Waals surface area contributed by atoms with Gasteiger partial charge in [0.25, 0.3) is 0 Å². The van der Waals surface area contributed by atoms with Gasteiger partial charge < -0.3 is 11.1 Å². The van der Waals surface area contributed by atoms with Crippen molar-refractivity contribution < 1.29 is 8.78 Å². The number of nitrogens with two attached hydrogens (primary N) is 1. The Morgan fingerprint density at radius 3 is 2.67 bits per heavy atom. The number of hydrogen-bond donors (Lipinski definition) is 2. The lowest BCUT2D eigenvalue weighted by Crippen LogP contribution is -2.03. The van der Waals surface area contributed by atoms with E-state index in [-0.39, 0.29) is 11.6 Å². The largest absolute Gasteiger partial charge is 0.381 e. The fraction of sp³-hybridized carbons (Fsp3) is 0. The summed E-state index contributed by atoms with van der Waals surface area (Å²) >= 11 is 8.04. The number of anilines is 3. The third kappa shape index (κ3) is 2.81. The number of benzene rings is 1. The molecule has 0 radical (unpaired) electrons. The zero-order chi connectivity index (χ0) is 13.3. The second kappa shape index (κ2) is 5.23. The predicted molar refractivity (Wildman–Crippen MR) is 76.0 cm³/mol. The quantitative estimate of drug-likeness (QED) is 0.775. The van der Waals surface area contributed by atoms with Crippen molar-refractivity contribution >= 4 is 51.5 Å². The third-order valence-corrected chi connectivity index (χ3v) is 3.14. The molecule has 0 aliphatic carbocycles. The summed E-state index contributed by atoms with van der Waals surface area (Å²) in [4.78, 5) is 3.59. The standard InChI is InChI=1S/C11H7ClF2IN3/c12-6-2-1-5(15)3-9(6)17-11-8(14)4-7(13)10(16)18-11/h1-4H,(H3,16,17,18). The molecule has 0 bridgehead atoms. The van der Waals surface area contributed by atoms with Crippen molar-refractivity contribution in [3.8, 4) is 0 Å². The maximum Gasteiger partial charge on any atom is 0.169 e. The van der Waals surface area contributed by atoms with Gasteiger partial charge in [-0.25, -0.2) is 13.8 Å². The van der Waals surface area contributed by atoms with Gasteiger partial charge in [0.2, 0.25) is 0 Å². The second-order valence-corrected chi connectivity index (χ2v) is 5.09. The minimum absolute atomic E-state index is 0.169. The third-order valence-electron chi connectivity index (χ3n) is 2.14. The van der Waals surface area contributed by atoms with Crippen LogP contribution in [0.25, 0.3) is 0 Å². The first kappa shape index (κ1) is 13.3. The maximum atomic E-state index is 13.5. The molecule has 0 saturated heterocycles. The molecule has 2 aromatic rings. The molecule has 1 aromatic heterocycles. The van der Waals surface area contributed by atoms with Crippen LogP contribution in [0.4, 0.5) is 26.1 Å². The summed E-state index contributed by atoms with van der Waals surface area (Å²) < 4.78 is 27.4. The molecule has 3 N–H and O–H groups in total. The molecule has 0 atom stereocenters. The van der Waals surface area contributed by atoms with E-state index in [2.05, 4.69) is 32.9 Å². The second-order valence-electron chi connectivity index (χ2n) is 3.44. The first-order valence-corrected chi connectivity index (χ1v) is 6.26. The molecule has 2 rings (SSSR count). The molecule has 1 aromatic carbocycles. The number of rotatable bonds is 2. The molecule has 1 heterocycles. The number of nitrogens with one attached hydrogen (secondary N) is 1. The Morgan fingerprint density at radius 1 is 1.22 bits per heavy atom. The Hall–Kier alpha value is -1.15. The number of halogens is 4. The first-order chi connectivity index (χ1) is 8.47. The molecule has 0 fully saturated rings. The Kier molecular flexibility index (Phi) is 3.86. The zero-order valence-electron chi connectivity index (χ0n) is 8.85. The van der Waals surface area contributed by atoms with Gasteiger partial charge >= 0.3 is 0 Å². The summed E-state index contributed by atoms with van der Waals surface area (Å²) in [6.45, 7) is 0. The van der Waals surface area contributed by atoms with Gasteiger partial charge in [-0.15, -0.1) is 0 Å². The number of nitrogens with zero attached hydrogens (tertiary/aromatic N) is 1. The van der Waals surface area contributed by atoms with E-state index in [1.807, 2.05) is 0 Å². The van der Waals surface area contributed by atoms with Crippen molar-refractivity contribution in [2.24, 2.45) is 0 Å². The normalized spacial score (nSPS) is 10.4. The number of hydrogen-bond acceptors (Lipinski definition) is 3. The lowest BCUT2D eigenvalue weighted by Gasteiger charge is -2.09. The highest BCUT2D eigenvalue weighted by Gasteiger charge is 2.11. The van der Waals surface area contributed by atoms with E-state index in [1.54, 1.807) is 18.2 Å². The first-order valence-electron chi connectivity index (χ1n) is 4.81. The van der Waals surface area contributed by atoms with Gasteiger partial charge in [-0.3, -0.25) is 0 Å². The van der Waals surface area contributed by atoms with Crippen LogP contribution in [0, 0.1) is 15.2 Å². The lowest BCUT2D eigenvalue weighted by molar-refractivity contribution is 0.581. The summed E-state index contributed by atoms with van der Waals surface area (Å²) in [5, 5.41) is 3.08. The van der Waals surface area contributed by atoms with E-state index in [1.165, 1.54) is 0 Å². The summed E-state index contributed by atoms with van der Waals surface area (Å²) in [5.74, 6) is -2.28. The van der Waals surface area contributed by atoms with Crippen LogP contribution in [-0.4, -0.2) is 4.98 Å². The molecular formula is C11H7ClF2IN3. The van der Waals surface area contributed by atoms with E-state index in [9.17, 15) is 8.78 Å². The topological polar surface area (TPSA) is 50.9 Å². The predicted octanol–water partition coefficient (Wildman–Crippen LogP) is 3.94. The van der Waals surface area contributed by atoms with Crippen LogP contribution < -0.4 is 11.1 Å². The summed E-state index contributed by atoms with van der Waals surface area (Å²) in [7, 11) is 0. The number of nitrogen functional groups attached to an aromatic ring is 1. The highest BCUT2D eigenvalue weighted by Crippen LogP contribution is 2.28. The minimum atomic E-state index is -0.896. The van der Waals surface area contributed by atoms with Gasteiger partial charge in [0.05, 0.1) is 10.7 Å². The Balaban J connectivity index is 2.40. The number of pyridine rings is 1. The Bertz CT molecular complexity index is 607. The Labute approximate surface area is 120 Å². The molecule has 0 spiro atoms. The lowest BCUT2D eigenvalue weighted by atomic mass is 10.3. The van der Waals surface area contributed by atoms with Gasteiger partial charge in [0, 0.05) is 9.64 Å². The average molecular weight is 382 g/mol. The summed E-state index contributed by atoms with van der Waals surface area (Å²) in [6, 6.07) is 5.85. The van der Waals surface area contributed by atoms with E-state index < -0.39 is 11.6 Å². The maximum absolute atomic E-state index is 13.5. The zero-order valence-corrected chi connectivity index (χ0v) is 11.8. The van der Waals surface area contributed by atoms with Crippen LogP contribution >= 0.6 is 34.2 Å². The van der Waals surface area contributed by atoms with E-state index in [4.69, 9.17) is 17.3 Å². The molecule has 3 nitrogen and oxygen atoms in total. The van der Waals surface area contributed by atoms with Crippen LogP contribution in [0.1, 0.15) is 0 Å². The molecule has 0 aliphatic heterocycles. The van der Waals surface area contributed by atoms with Crippen LogP contribution in [-0.2, 0) is 0 Å². The molecule has 0 saturated carbocycles. The molecule has 7 heteroatoms. The molecule has 0 aliphatic rings. The summed E-state index contributed by atoms with van der Waals surface area (Å²) in [5.41, 5.74) is 5.76. The SMILES string of the molecule is Nc1nc(Nc2cc(I)ccc2Cl)c(F)cc1F. The fourth-order valence-corrected chi connectivity index (χ4v) is 1.95. The van der Waals surface area contributed by atoms with Gasteiger partial charge in [-0.2, -0.15) is 0 Å². The van der Waals surface area contributed by atoms with Crippen molar-refractivity contribution in [1.29, 1.82) is 0 Å². The molecular weight excluding hydrogens is 374 g/mol. The molecule has 18 heavy (non-hydrogen) atoms. The van der Waals surface area contributed by atoms with Gasteiger partial charge in [0.1, 0.15) is 0 Å². The van der Waals surface area contributed by atoms with Crippen LogP contribution in [0.15, 0.2) is 24.3 Å².